The first-order chi connectivity index (χ1) is 3.43. The molecule has 3 heteroatoms. The fourth-order valence-corrected chi connectivity index (χ4v) is 0.364. The molecule has 0 bridgehead atoms. The van der Waals surface area contributed by atoms with Crippen LogP contribution in [0, 0.1) is 17.5 Å². The van der Waals surface area contributed by atoms with E-state index in [9.17, 15) is 0 Å². The maximum Gasteiger partial charge on any atom is 0.0984 e. The van der Waals surface area contributed by atoms with Crippen LogP contribution in [0.15, 0.2) is 5.57 Å². The van der Waals surface area contributed by atoms with Crippen molar-refractivity contribution in [3.63, 3.8) is 0 Å². The van der Waals surface area contributed by atoms with Crippen molar-refractivity contribution in [1.29, 1.82) is 5.26 Å². The minimum Gasteiger partial charge on any atom is -0.318 e. The SMILES string of the molecule is N#CC1=[C]NNC1. The van der Waals surface area contributed by atoms with Crippen LogP contribution < -0.4 is 10.9 Å². The van der Waals surface area contributed by atoms with Crippen LogP contribution in [0.5, 0.6) is 0 Å². The molecule has 2 N–H and O–H groups in total. The molecule has 0 aliphatic carbocycles. The first-order valence-corrected chi connectivity index (χ1v) is 1.93. The molecule has 0 atom stereocenters. The molecule has 0 aromatic carbocycles. The van der Waals surface area contributed by atoms with Gasteiger partial charge in [0.25, 0.3) is 0 Å². The van der Waals surface area contributed by atoms with Crippen LogP contribution in [0.25, 0.3) is 0 Å². The summed E-state index contributed by atoms with van der Waals surface area (Å²) in [5.41, 5.74) is 5.89. The standard InChI is InChI=1S/C4H4N3/c5-1-4-2-6-7-3-4/h6-7H,2H2. The maximum atomic E-state index is 8.14. The smallest absolute Gasteiger partial charge is 0.0984 e. The largest absolute Gasteiger partial charge is 0.318 e. The van der Waals surface area contributed by atoms with Gasteiger partial charge in [0.05, 0.1) is 24.4 Å². The summed E-state index contributed by atoms with van der Waals surface area (Å²) in [7, 11) is 0. The van der Waals surface area contributed by atoms with Gasteiger partial charge in [0, 0.05) is 0 Å². The highest BCUT2D eigenvalue weighted by molar-refractivity contribution is 5.20. The van der Waals surface area contributed by atoms with E-state index in [0.717, 1.165) is 0 Å². The van der Waals surface area contributed by atoms with Crippen molar-refractivity contribution in [2.24, 2.45) is 0 Å². The lowest BCUT2D eigenvalue weighted by Crippen LogP contribution is -2.20. The zero-order valence-electron chi connectivity index (χ0n) is 3.65. The minimum absolute atomic E-state index is 0.594. The Morgan fingerprint density at radius 3 is 3.00 bits per heavy atom. The topological polar surface area (TPSA) is 47.9 Å². The van der Waals surface area contributed by atoms with E-state index in [4.69, 9.17) is 5.26 Å². The fourth-order valence-electron chi connectivity index (χ4n) is 0.364. The Labute approximate surface area is 41.6 Å². The molecule has 0 spiro atoms. The van der Waals surface area contributed by atoms with Gasteiger partial charge < -0.3 is 5.43 Å². The second-order valence-corrected chi connectivity index (χ2v) is 1.19. The number of hydrogen-bond acceptors (Lipinski definition) is 3. The van der Waals surface area contributed by atoms with Crippen LogP contribution in [0.3, 0.4) is 0 Å². The Kier molecular flexibility index (Phi) is 0.966. The third kappa shape index (κ3) is 0.699. The molecule has 0 amide bonds. The number of nitriles is 1. The average Bonchev–Trinajstić information content (AvgIpc) is 2.14. The van der Waals surface area contributed by atoms with E-state index < -0.39 is 0 Å². The van der Waals surface area contributed by atoms with Crippen molar-refractivity contribution >= 4 is 0 Å². The van der Waals surface area contributed by atoms with Crippen LogP contribution in [0.1, 0.15) is 0 Å². The summed E-state index contributed by atoms with van der Waals surface area (Å²) in [5.74, 6) is 0. The van der Waals surface area contributed by atoms with E-state index in [1.807, 2.05) is 6.07 Å². The molecule has 0 unspecified atom stereocenters. The molecule has 0 aromatic rings. The average molecular weight is 94.1 g/mol. The molecule has 0 fully saturated rings. The number of nitrogens with one attached hydrogen (secondary N) is 2. The van der Waals surface area contributed by atoms with Crippen LogP contribution >= 0.6 is 0 Å². The number of nitrogens with zero attached hydrogens (tertiary/aromatic N) is 1. The first kappa shape index (κ1) is 4.16. The predicted octanol–water partition coefficient (Wildman–Crippen LogP) is -0.695. The zero-order chi connectivity index (χ0) is 5.11. The highest BCUT2D eigenvalue weighted by Gasteiger charge is 1.98. The van der Waals surface area contributed by atoms with Gasteiger partial charge in [-0.25, -0.2) is 5.43 Å². The summed E-state index contributed by atoms with van der Waals surface area (Å²) in [6.45, 7) is 0.594. The van der Waals surface area contributed by atoms with Crippen LogP contribution in [-0.4, -0.2) is 6.54 Å². The molecule has 0 saturated heterocycles. The van der Waals surface area contributed by atoms with Gasteiger partial charge >= 0.3 is 0 Å². The second kappa shape index (κ2) is 1.63. The van der Waals surface area contributed by atoms with Crippen LogP contribution in [0.4, 0.5) is 0 Å². The van der Waals surface area contributed by atoms with E-state index in [2.05, 4.69) is 17.1 Å². The lowest BCUT2D eigenvalue weighted by Gasteiger charge is -1.83. The number of hydrogen-bond donors (Lipinski definition) is 2. The Morgan fingerprint density at radius 2 is 2.71 bits per heavy atom. The molecule has 1 heterocycles. The summed E-state index contributed by atoms with van der Waals surface area (Å²) in [6.07, 6.45) is 2.60. The predicted molar refractivity (Wildman–Crippen MR) is 23.5 cm³/mol. The highest BCUT2D eigenvalue weighted by atomic mass is 15.4. The van der Waals surface area contributed by atoms with E-state index in [0.29, 0.717) is 12.1 Å². The zero-order valence-corrected chi connectivity index (χ0v) is 3.65. The van der Waals surface area contributed by atoms with Gasteiger partial charge in [-0.3, -0.25) is 0 Å². The second-order valence-electron chi connectivity index (χ2n) is 1.19. The maximum absolute atomic E-state index is 8.14. The summed E-state index contributed by atoms with van der Waals surface area (Å²) in [5, 5.41) is 8.14. The minimum atomic E-state index is 0.594. The Bertz CT molecular complexity index is 130. The van der Waals surface area contributed by atoms with E-state index in [-0.39, 0.29) is 0 Å². The van der Waals surface area contributed by atoms with Crippen molar-refractivity contribution in [2.75, 3.05) is 6.54 Å². The fraction of sp³-hybridized carbons (Fsp3) is 0.250. The molecule has 1 rings (SSSR count). The van der Waals surface area contributed by atoms with Gasteiger partial charge in [-0.15, -0.1) is 0 Å². The molecule has 1 radical (unpaired) electrons. The van der Waals surface area contributed by atoms with Crippen molar-refractivity contribution in [2.45, 2.75) is 0 Å². The molecule has 0 aromatic heterocycles. The van der Waals surface area contributed by atoms with Gasteiger partial charge in [0.1, 0.15) is 0 Å². The van der Waals surface area contributed by atoms with Gasteiger partial charge in [-0.1, -0.05) is 0 Å². The molecule has 1 aliphatic rings. The molecule has 7 heavy (non-hydrogen) atoms. The quantitative estimate of drug-likeness (QED) is 0.417. The van der Waals surface area contributed by atoms with Crippen LogP contribution in [-0.2, 0) is 0 Å². The van der Waals surface area contributed by atoms with Crippen molar-refractivity contribution in [3.05, 3.63) is 11.8 Å². The summed E-state index contributed by atoms with van der Waals surface area (Å²) >= 11 is 0. The Hall–Kier alpha value is -1.01. The van der Waals surface area contributed by atoms with Crippen molar-refractivity contribution < 1.29 is 0 Å². The molecular weight excluding hydrogens is 90.1 g/mol. The van der Waals surface area contributed by atoms with Gasteiger partial charge in [-0.05, 0) is 0 Å². The van der Waals surface area contributed by atoms with Gasteiger partial charge in [-0.2, -0.15) is 5.26 Å². The lowest BCUT2D eigenvalue weighted by atomic mass is 10.3. The molecule has 3 nitrogen and oxygen atoms in total. The van der Waals surface area contributed by atoms with Crippen LogP contribution in [0.2, 0.25) is 0 Å². The lowest BCUT2D eigenvalue weighted by molar-refractivity contribution is 0.714. The Balaban J connectivity index is 2.57. The molecule has 35 valence electrons. The van der Waals surface area contributed by atoms with Gasteiger partial charge in [0.15, 0.2) is 0 Å². The molecular formula is C4H4N3. The third-order valence-electron chi connectivity index (χ3n) is 0.702. The summed E-state index contributed by atoms with van der Waals surface area (Å²) in [4.78, 5) is 0. The Morgan fingerprint density at radius 1 is 1.86 bits per heavy atom. The first-order valence-electron chi connectivity index (χ1n) is 1.93. The number of hydrazine groups is 1. The normalized spacial score (nSPS) is 17.3. The molecule has 1 aliphatic heterocycles. The number of rotatable bonds is 0. The van der Waals surface area contributed by atoms with E-state index >= 15 is 0 Å². The summed E-state index contributed by atoms with van der Waals surface area (Å²) in [6, 6.07) is 1.94. The van der Waals surface area contributed by atoms with Crippen molar-refractivity contribution in [3.8, 4) is 6.07 Å². The van der Waals surface area contributed by atoms with E-state index in [1.165, 1.54) is 0 Å². The van der Waals surface area contributed by atoms with E-state index in [1.54, 1.807) is 0 Å². The van der Waals surface area contributed by atoms with Gasteiger partial charge in [0.2, 0.25) is 0 Å². The molecule has 0 saturated carbocycles. The third-order valence-corrected chi connectivity index (χ3v) is 0.702. The monoisotopic (exact) mass is 94.0 g/mol. The van der Waals surface area contributed by atoms with Crippen molar-refractivity contribution in [1.82, 2.24) is 10.9 Å². The highest BCUT2D eigenvalue weighted by Crippen LogP contribution is 1.87. The summed E-state index contributed by atoms with van der Waals surface area (Å²) < 4.78 is 0.